The molecule has 0 bridgehead atoms. The van der Waals surface area contributed by atoms with Gasteiger partial charge in [-0.25, -0.2) is 0 Å². The van der Waals surface area contributed by atoms with Crippen LogP contribution in [0.4, 0.5) is 0 Å². The van der Waals surface area contributed by atoms with E-state index in [0.717, 1.165) is 11.3 Å². The molecule has 0 spiro atoms. The van der Waals surface area contributed by atoms with Crippen LogP contribution in [-0.2, 0) is 0 Å². The fourth-order valence-corrected chi connectivity index (χ4v) is 2.81. The van der Waals surface area contributed by atoms with Gasteiger partial charge < -0.3 is 5.32 Å². The van der Waals surface area contributed by atoms with Crippen LogP contribution in [0.1, 0.15) is 26.7 Å². The summed E-state index contributed by atoms with van der Waals surface area (Å²) in [4.78, 5) is 0. The Morgan fingerprint density at radius 3 is 2.70 bits per heavy atom. The van der Waals surface area contributed by atoms with E-state index < -0.39 is 0 Å². The van der Waals surface area contributed by atoms with Gasteiger partial charge in [-0.3, -0.25) is 0 Å². The summed E-state index contributed by atoms with van der Waals surface area (Å²) in [6.07, 6.45) is 2.60. The zero-order chi connectivity index (χ0) is 7.40. The molecule has 0 aromatic heterocycles. The Bertz CT molecular complexity index is 83.3. The number of nitrogens with one attached hydrogen (secondary N) is 1. The molecule has 1 aliphatic heterocycles. The van der Waals surface area contributed by atoms with Crippen LogP contribution in [0.15, 0.2) is 0 Å². The van der Waals surface area contributed by atoms with E-state index in [-0.39, 0.29) is 0 Å². The summed E-state index contributed by atoms with van der Waals surface area (Å²) in [5, 5.41) is 4.42. The molecule has 0 amide bonds. The maximum atomic E-state index is 3.55. The van der Waals surface area contributed by atoms with Crippen molar-refractivity contribution in [1.82, 2.24) is 5.32 Å². The van der Waals surface area contributed by atoms with Crippen molar-refractivity contribution in [1.29, 1.82) is 0 Å². The van der Waals surface area contributed by atoms with Crippen molar-refractivity contribution in [3.63, 3.8) is 0 Å². The van der Waals surface area contributed by atoms with Gasteiger partial charge in [0.25, 0.3) is 0 Å². The van der Waals surface area contributed by atoms with Gasteiger partial charge in [0, 0.05) is 23.6 Å². The van der Waals surface area contributed by atoms with Gasteiger partial charge in [0.1, 0.15) is 0 Å². The second-order valence-corrected chi connectivity index (χ2v) is 4.13. The van der Waals surface area contributed by atoms with Crippen LogP contribution in [0, 0.1) is 0 Å². The summed E-state index contributed by atoms with van der Waals surface area (Å²) >= 11 is 2.13. The lowest BCUT2D eigenvalue weighted by molar-refractivity contribution is 0.476. The standard InChI is InChI=1S/C8H17NS/c1-3-7-8(4-2)10-6-5-9-7/h7-9H,3-6H2,1-2H3. The van der Waals surface area contributed by atoms with Gasteiger partial charge in [0.05, 0.1) is 0 Å². The summed E-state index contributed by atoms with van der Waals surface area (Å²) in [7, 11) is 0. The molecule has 10 heavy (non-hydrogen) atoms. The van der Waals surface area contributed by atoms with Gasteiger partial charge in [-0.2, -0.15) is 11.8 Å². The monoisotopic (exact) mass is 159 g/mol. The van der Waals surface area contributed by atoms with Crippen LogP contribution >= 0.6 is 11.8 Å². The van der Waals surface area contributed by atoms with Gasteiger partial charge in [-0.1, -0.05) is 13.8 Å². The summed E-state index contributed by atoms with van der Waals surface area (Å²) in [5.74, 6) is 1.30. The number of hydrogen-bond donors (Lipinski definition) is 1. The van der Waals surface area contributed by atoms with Crippen LogP contribution in [0.25, 0.3) is 0 Å². The summed E-state index contributed by atoms with van der Waals surface area (Å²) in [6, 6.07) is 0.781. The van der Waals surface area contributed by atoms with E-state index in [0.29, 0.717) is 0 Å². The van der Waals surface area contributed by atoms with Crippen LogP contribution in [0.2, 0.25) is 0 Å². The molecule has 2 heteroatoms. The first-order chi connectivity index (χ1) is 4.88. The Labute approximate surface area is 68.0 Å². The molecular formula is C8H17NS. The molecule has 0 aromatic carbocycles. The van der Waals surface area contributed by atoms with Crippen molar-refractivity contribution in [2.75, 3.05) is 12.3 Å². The molecule has 1 fully saturated rings. The number of thioether (sulfide) groups is 1. The van der Waals surface area contributed by atoms with Gasteiger partial charge in [0.2, 0.25) is 0 Å². The van der Waals surface area contributed by atoms with E-state index in [9.17, 15) is 0 Å². The fourth-order valence-electron chi connectivity index (χ4n) is 1.51. The highest BCUT2D eigenvalue weighted by Gasteiger charge is 2.21. The first-order valence-corrected chi connectivity index (χ1v) is 5.28. The van der Waals surface area contributed by atoms with Crippen LogP contribution in [0.3, 0.4) is 0 Å². The Hall–Kier alpha value is 0.310. The van der Waals surface area contributed by atoms with Gasteiger partial charge in [0.15, 0.2) is 0 Å². The summed E-state index contributed by atoms with van der Waals surface area (Å²) in [5.41, 5.74) is 0. The van der Waals surface area contributed by atoms with E-state index in [1.165, 1.54) is 25.1 Å². The molecule has 2 unspecified atom stereocenters. The van der Waals surface area contributed by atoms with Gasteiger partial charge in [-0.15, -0.1) is 0 Å². The average molecular weight is 159 g/mol. The topological polar surface area (TPSA) is 12.0 Å². The lowest BCUT2D eigenvalue weighted by atomic mass is 10.1. The Kier molecular flexibility index (Phi) is 3.57. The summed E-state index contributed by atoms with van der Waals surface area (Å²) in [6.45, 7) is 5.76. The Morgan fingerprint density at radius 2 is 2.20 bits per heavy atom. The maximum absolute atomic E-state index is 3.55. The van der Waals surface area contributed by atoms with E-state index in [1.807, 2.05) is 0 Å². The fraction of sp³-hybridized carbons (Fsp3) is 1.00. The zero-order valence-corrected chi connectivity index (χ0v) is 7.71. The third kappa shape index (κ3) is 1.89. The zero-order valence-electron chi connectivity index (χ0n) is 6.89. The highest BCUT2D eigenvalue weighted by Crippen LogP contribution is 2.22. The second-order valence-electron chi connectivity index (χ2n) is 2.79. The average Bonchev–Trinajstić information content (AvgIpc) is 2.04. The van der Waals surface area contributed by atoms with Gasteiger partial charge in [-0.05, 0) is 12.8 Å². The molecule has 0 saturated carbocycles. The molecule has 1 saturated heterocycles. The quantitative estimate of drug-likeness (QED) is 0.660. The van der Waals surface area contributed by atoms with Crippen molar-refractivity contribution in [3.8, 4) is 0 Å². The Morgan fingerprint density at radius 1 is 1.40 bits per heavy atom. The minimum atomic E-state index is 0.781. The Balaban J connectivity index is 2.34. The van der Waals surface area contributed by atoms with E-state index in [4.69, 9.17) is 0 Å². The first kappa shape index (κ1) is 8.41. The molecular weight excluding hydrogens is 142 g/mol. The third-order valence-corrected chi connectivity index (χ3v) is 3.66. The molecule has 1 nitrogen and oxygen atoms in total. The molecule has 2 atom stereocenters. The minimum Gasteiger partial charge on any atom is -0.312 e. The first-order valence-electron chi connectivity index (χ1n) is 4.23. The highest BCUT2D eigenvalue weighted by molar-refractivity contribution is 8.00. The molecule has 60 valence electrons. The van der Waals surface area contributed by atoms with Crippen molar-refractivity contribution < 1.29 is 0 Å². The van der Waals surface area contributed by atoms with E-state index in [1.54, 1.807) is 0 Å². The van der Waals surface area contributed by atoms with Gasteiger partial charge >= 0.3 is 0 Å². The lowest BCUT2D eigenvalue weighted by Crippen LogP contribution is -2.43. The largest absolute Gasteiger partial charge is 0.312 e. The van der Waals surface area contributed by atoms with Crippen molar-refractivity contribution in [3.05, 3.63) is 0 Å². The normalized spacial score (nSPS) is 34.2. The second kappa shape index (κ2) is 4.24. The molecule has 1 aliphatic rings. The third-order valence-electron chi connectivity index (χ3n) is 2.13. The maximum Gasteiger partial charge on any atom is 0.0198 e. The van der Waals surface area contributed by atoms with E-state index in [2.05, 4.69) is 30.9 Å². The predicted octanol–water partition coefficient (Wildman–Crippen LogP) is 1.88. The molecule has 0 aliphatic carbocycles. The van der Waals surface area contributed by atoms with Crippen molar-refractivity contribution in [2.45, 2.75) is 38.0 Å². The van der Waals surface area contributed by atoms with E-state index >= 15 is 0 Å². The lowest BCUT2D eigenvalue weighted by Gasteiger charge is -2.30. The SMILES string of the molecule is CCC1NCCSC1CC. The molecule has 0 aromatic rings. The van der Waals surface area contributed by atoms with Crippen LogP contribution in [0.5, 0.6) is 0 Å². The summed E-state index contributed by atoms with van der Waals surface area (Å²) < 4.78 is 0. The van der Waals surface area contributed by atoms with Crippen molar-refractivity contribution >= 4 is 11.8 Å². The smallest absolute Gasteiger partial charge is 0.0198 e. The van der Waals surface area contributed by atoms with Crippen LogP contribution in [-0.4, -0.2) is 23.6 Å². The highest BCUT2D eigenvalue weighted by atomic mass is 32.2. The van der Waals surface area contributed by atoms with Crippen LogP contribution < -0.4 is 5.32 Å². The molecule has 1 heterocycles. The predicted molar refractivity (Wildman–Crippen MR) is 48.6 cm³/mol. The molecule has 0 radical (unpaired) electrons. The minimum absolute atomic E-state index is 0.781. The van der Waals surface area contributed by atoms with Crippen molar-refractivity contribution in [2.24, 2.45) is 0 Å². The molecule has 1 N–H and O–H groups in total. The number of rotatable bonds is 2. The molecule has 1 rings (SSSR count). The number of hydrogen-bond acceptors (Lipinski definition) is 2.